The highest BCUT2D eigenvalue weighted by Gasteiger charge is 2.25. The Bertz CT molecular complexity index is 1160. The first-order valence-corrected chi connectivity index (χ1v) is 10.7. The van der Waals surface area contributed by atoms with Gasteiger partial charge in [-0.05, 0) is 54.5 Å². The number of halogens is 2. The number of ether oxygens (including phenoxy) is 1. The van der Waals surface area contributed by atoms with E-state index in [0.29, 0.717) is 34.8 Å². The molecule has 33 heavy (non-hydrogen) atoms. The minimum Gasteiger partial charge on any atom is -0.497 e. The maximum atomic E-state index is 12.9. The van der Waals surface area contributed by atoms with Gasteiger partial charge in [-0.3, -0.25) is 14.6 Å². The van der Waals surface area contributed by atoms with Crippen LogP contribution < -0.4 is 21.1 Å². The zero-order chi connectivity index (χ0) is 24.1. The first kappa shape index (κ1) is 24.3. The number of benzene rings is 2. The van der Waals surface area contributed by atoms with E-state index in [1.54, 1.807) is 31.4 Å². The number of nitrogens with two attached hydrogens (primary N) is 1. The molecule has 2 aromatic rings. The third kappa shape index (κ3) is 5.91. The Balaban J connectivity index is 1.71. The fraction of sp³-hybridized carbons (Fsp3) is 0.217. The van der Waals surface area contributed by atoms with Crippen LogP contribution in [0.5, 0.6) is 5.75 Å². The van der Waals surface area contributed by atoms with Crippen LogP contribution in [0.1, 0.15) is 25.0 Å². The molecule has 0 fully saturated rings. The Hall–Kier alpha value is -3.36. The molecule has 172 valence electrons. The topological polar surface area (TPSA) is 118 Å². The Kier molecular flexibility index (Phi) is 7.73. The minimum atomic E-state index is -0.485. The van der Waals surface area contributed by atoms with Crippen LogP contribution >= 0.6 is 23.2 Å². The largest absolute Gasteiger partial charge is 0.497 e. The van der Waals surface area contributed by atoms with E-state index in [1.165, 1.54) is 6.92 Å². The molecule has 1 aliphatic rings. The van der Waals surface area contributed by atoms with Gasteiger partial charge in [0.1, 0.15) is 5.75 Å². The normalized spacial score (nSPS) is 13.6. The molecule has 3 rings (SSSR count). The number of amides is 2. The SMILES string of the molecule is COc1ccc(C2=NCC(C)=C2C(=O)/N=C(\N)NCc2cc(Cl)c(NC(C)=O)c(Cl)c2)cc1. The maximum absolute atomic E-state index is 12.9. The molecule has 0 aliphatic carbocycles. The lowest BCUT2D eigenvalue weighted by Gasteiger charge is -2.11. The fourth-order valence-corrected chi connectivity index (χ4v) is 3.87. The number of nitrogens with zero attached hydrogens (tertiary/aromatic N) is 2. The predicted molar refractivity (Wildman–Crippen MR) is 131 cm³/mol. The van der Waals surface area contributed by atoms with Crippen LogP contribution in [0.25, 0.3) is 0 Å². The number of hydrogen-bond acceptors (Lipinski definition) is 4. The number of hydrogen-bond donors (Lipinski definition) is 3. The van der Waals surface area contributed by atoms with Crippen molar-refractivity contribution < 1.29 is 14.3 Å². The number of aliphatic imine (C=N–C) groups is 2. The Morgan fingerprint density at radius 1 is 1.18 bits per heavy atom. The van der Waals surface area contributed by atoms with Crippen LogP contribution in [-0.4, -0.2) is 37.1 Å². The second-order valence-corrected chi connectivity index (χ2v) is 8.13. The summed E-state index contributed by atoms with van der Waals surface area (Å²) in [4.78, 5) is 32.6. The van der Waals surface area contributed by atoms with E-state index in [9.17, 15) is 9.59 Å². The van der Waals surface area contributed by atoms with Gasteiger partial charge >= 0.3 is 0 Å². The van der Waals surface area contributed by atoms with Crippen LogP contribution in [0.3, 0.4) is 0 Å². The second kappa shape index (κ2) is 10.5. The van der Waals surface area contributed by atoms with E-state index in [4.69, 9.17) is 33.7 Å². The molecule has 0 radical (unpaired) electrons. The van der Waals surface area contributed by atoms with E-state index in [0.717, 1.165) is 11.1 Å². The van der Waals surface area contributed by atoms with E-state index >= 15 is 0 Å². The first-order valence-electron chi connectivity index (χ1n) is 9.96. The third-order valence-corrected chi connectivity index (χ3v) is 5.41. The average Bonchev–Trinajstić information content (AvgIpc) is 3.16. The molecule has 0 aromatic heterocycles. The highest BCUT2D eigenvalue weighted by molar-refractivity contribution is 6.39. The first-order chi connectivity index (χ1) is 15.7. The molecule has 8 nitrogen and oxygen atoms in total. The average molecular weight is 488 g/mol. The summed E-state index contributed by atoms with van der Waals surface area (Å²) in [6.45, 7) is 3.85. The highest BCUT2D eigenvalue weighted by Crippen LogP contribution is 2.32. The van der Waals surface area contributed by atoms with Crippen molar-refractivity contribution in [1.82, 2.24) is 5.32 Å². The van der Waals surface area contributed by atoms with Crippen molar-refractivity contribution in [3.63, 3.8) is 0 Å². The Morgan fingerprint density at radius 3 is 2.39 bits per heavy atom. The molecule has 0 saturated carbocycles. The van der Waals surface area contributed by atoms with Crippen molar-refractivity contribution in [3.8, 4) is 5.75 Å². The summed E-state index contributed by atoms with van der Waals surface area (Å²) in [6, 6.07) is 10.6. The van der Waals surface area contributed by atoms with Gasteiger partial charge in [-0.25, -0.2) is 0 Å². The van der Waals surface area contributed by atoms with Gasteiger partial charge < -0.3 is 21.1 Å². The van der Waals surface area contributed by atoms with Crippen LogP contribution in [0.15, 0.2) is 57.5 Å². The number of anilines is 1. The number of carbonyl (C=O) groups is 2. The smallest absolute Gasteiger partial charge is 0.282 e. The van der Waals surface area contributed by atoms with Gasteiger partial charge in [0.2, 0.25) is 5.91 Å². The van der Waals surface area contributed by atoms with Crippen LogP contribution in [0, 0.1) is 0 Å². The summed E-state index contributed by atoms with van der Waals surface area (Å²) in [5.41, 5.74) is 9.58. The molecular formula is C23H23Cl2N5O3. The van der Waals surface area contributed by atoms with Crippen LogP contribution in [-0.2, 0) is 16.1 Å². The number of guanidine groups is 1. The molecule has 1 heterocycles. The molecule has 1 aliphatic heterocycles. The number of carbonyl (C=O) groups excluding carboxylic acids is 2. The summed E-state index contributed by atoms with van der Waals surface area (Å²) in [7, 11) is 1.59. The number of nitrogens with one attached hydrogen (secondary N) is 2. The maximum Gasteiger partial charge on any atom is 0.282 e. The van der Waals surface area contributed by atoms with Gasteiger partial charge in [-0.2, -0.15) is 4.99 Å². The molecule has 2 aromatic carbocycles. The van der Waals surface area contributed by atoms with Crippen molar-refractivity contribution in [2.45, 2.75) is 20.4 Å². The minimum absolute atomic E-state index is 0.0561. The molecule has 10 heteroatoms. The van der Waals surface area contributed by atoms with Gasteiger partial charge in [-0.1, -0.05) is 23.2 Å². The van der Waals surface area contributed by atoms with Crippen molar-refractivity contribution in [3.05, 3.63) is 68.7 Å². The predicted octanol–water partition coefficient (Wildman–Crippen LogP) is 3.71. The summed E-state index contributed by atoms with van der Waals surface area (Å²) in [5, 5.41) is 6.03. The van der Waals surface area contributed by atoms with E-state index in [1.807, 2.05) is 19.1 Å². The number of methoxy groups -OCH3 is 1. The zero-order valence-corrected chi connectivity index (χ0v) is 19.8. The van der Waals surface area contributed by atoms with Gasteiger partial charge in [0.15, 0.2) is 5.96 Å². The molecule has 0 saturated heterocycles. The molecule has 4 N–H and O–H groups in total. The fourth-order valence-electron chi connectivity index (χ4n) is 3.25. The standard InChI is InChI=1S/C23H23Cl2N5O3/c1-12-10-27-20(15-4-6-16(33-3)7-5-15)19(12)22(32)30-23(26)28-11-14-8-17(24)21(18(25)9-14)29-13(2)31/h4-9H,10-11H2,1-3H3,(H,29,31)(H3,26,28,30,32). The third-order valence-electron chi connectivity index (χ3n) is 4.81. The lowest BCUT2D eigenvalue weighted by molar-refractivity contribution is -0.114. The summed E-state index contributed by atoms with van der Waals surface area (Å²) in [6.07, 6.45) is 0. The second-order valence-electron chi connectivity index (χ2n) is 7.32. The molecule has 0 atom stereocenters. The lowest BCUT2D eigenvalue weighted by Crippen LogP contribution is -2.32. The van der Waals surface area contributed by atoms with Gasteiger partial charge in [-0.15, -0.1) is 0 Å². The Morgan fingerprint density at radius 2 is 1.82 bits per heavy atom. The summed E-state index contributed by atoms with van der Waals surface area (Å²) >= 11 is 12.4. The zero-order valence-electron chi connectivity index (χ0n) is 18.3. The quantitative estimate of drug-likeness (QED) is 0.423. The monoisotopic (exact) mass is 487 g/mol. The van der Waals surface area contributed by atoms with E-state index in [2.05, 4.69) is 20.6 Å². The molecule has 0 spiro atoms. The molecule has 2 amide bonds. The molecule has 0 unspecified atom stereocenters. The molecular weight excluding hydrogens is 465 g/mol. The summed E-state index contributed by atoms with van der Waals surface area (Å²) < 4.78 is 5.18. The van der Waals surface area contributed by atoms with Gasteiger partial charge in [0.25, 0.3) is 5.91 Å². The summed E-state index contributed by atoms with van der Waals surface area (Å²) in [5.74, 6) is -0.113. The number of rotatable bonds is 6. The van der Waals surface area contributed by atoms with Crippen molar-refractivity contribution in [2.75, 3.05) is 19.0 Å². The van der Waals surface area contributed by atoms with Crippen LogP contribution in [0.2, 0.25) is 10.0 Å². The van der Waals surface area contributed by atoms with Gasteiger partial charge in [0.05, 0.1) is 40.7 Å². The highest BCUT2D eigenvalue weighted by atomic mass is 35.5. The van der Waals surface area contributed by atoms with E-state index < -0.39 is 5.91 Å². The Labute approximate surface area is 201 Å². The molecule has 0 bridgehead atoms. The lowest BCUT2D eigenvalue weighted by atomic mass is 10.00. The van der Waals surface area contributed by atoms with Crippen molar-refractivity contribution >= 4 is 52.4 Å². The van der Waals surface area contributed by atoms with Crippen molar-refractivity contribution in [2.24, 2.45) is 15.7 Å². The van der Waals surface area contributed by atoms with Crippen LogP contribution in [0.4, 0.5) is 5.69 Å². The van der Waals surface area contributed by atoms with Crippen molar-refractivity contribution in [1.29, 1.82) is 0 Å². The van der Waals surface area contributed by atoms with Gasteiger partial charge in [0, 0.05) is 19.0 Å². The van der Waals surface area contributed by atoms with E-state index in [-0.39, 0.29) is 28.5 Å².